The first-order valence-corrected chi connectivity index (χ1v) is 11.5. The zero-order valence-electron chi connectivity index (χ0n) is 18.3. The second-order valence-corrected chi connectivity index (χ2v) is 8.93. The highest BCUT2D eigenvalue weighted by Crippen LogP contribution is 2.36. The van der Waals surface area contributed by atoms with Crippen molar-refractivity contribution in [2.45, 2.75) is 45.5 Å². The second kappa shape index (κ2) is 8.60. The Hall–Kier alpha value is -2.83. The molecule has 6 nitrogen and oxygen atoms in total. The van der Waals surface area contributed by atoms with Gasteiger partial charge in [-0.2, -0.15) is 5.10 Å². The third-order valence-corrected chi connectivity index (χ3v) is 6.80. The molecule has 2 aromatic carbocycles. The van der Waals surface area contributed by atoms with Crippen LogP contribution in [0.25, 0.3) is 0 Å². The highest BCUT2D eigenvalue weighted by Gasteiger charge is 2.37. The Balaban J connectivity index is 1.53. The van der Waals surface area contributed by atoms with Gasteiger partial charge in [0.05, 0.1) is 23.9 Å². The van der Waals surface area contributed by atoms with Crippen LogP contribution >= 0.6 is 11.6 Å². The summed E-state index contributed by atoms with van der Waals surface area (Å²) in [5, 5.41) is 9.15. The quantitative estimate of drug-likeness (QED) is 0.597. The fourth-order valence-corrected chi connectivity index (χ4v) is 4.96. The number of carbonyl (C=O) groups is 1. The normalized spacial score (nSPS) is 20.3. The van der Waals surface area contributed by atoms with Gasteiger partial charge in [0, 0.05) is 35.1 Å². The lowest BCUT2D eigenvalue weighted by molar-refractivity contribution is 0.0425. The van der Waals surface area contributed by atoms with E-state index >= 15 is 0 Å². The second-order valence-electron chi connectivity index (χ2n) is 8.52. The van der Waals surface area contributed by atoms with Gasteiger partial charge in [-0.1, -0.05) is 41.9 Å². The van der Waals surface area contributed by atoms with E-state index in [9.17, 15) is 4.79 Å². The fourth-order valence-electron chi connectivity index (χ4n) is 4.77. The summed E-state index contributed by atoms with van der Waals surface area (Å²) in [4.78, 5) is 15.5. The van der Waals surface area contributed by atoms with Crippen molar-refractivity contribution in [2.24, 2.45) is 0 Å². The van der Waals surface area contributed by atoms with Gasteiger partial charge in [-0.25, -0.2) is 0 Å². The lowest BCUT2D eigenvalue weighted by atomic mass is 10.0. The zero-order chi connectivity index (χ0) is 22.2. The molecule has 32 heavy (non-hydrogen) atoms. The molecule has 2 atom stereocenters. The first kappa shape index (κ1) is 21.0. The van der Waals surface area contributed by atoms with Gasteiger partial charge in [0.25, 0.3) is 5.91 Å². The standard InChI is InChI=1S/C25H27ClN4O2/c1-16-23(17(2)30(28-16)14-18-8-3-5-11-21(18)26)24-27-22-12-6-4-10-20(22)25(31)29(24)15-19-9-7-13-32-19/h3-6,8,10-12,19,24,27H,7,9,13-15H2,1-2H3/t19-,24-/m0/s1. The molecule has 0 bridgehead atoms. The van der Waals surface area contributed by atoms with E-state index in [1.54, 1.807) is 0 Å². The minimum Gasteiger partial charge on any atom is -0.376 e. The number of hydrogen-bond acceptors (Lipinski definition) is 4. The van der Waals surface area contributed by atoms with Crippen LogP contribution in [0.2, 0.25) is 5.02 Å². The summed E-state index contributed by atoms with van der Waals surface area (Å²) in [5.74, 6) is 0.0255. The smallest absolute Gasteiger partial charge is 0.257 e. The molecule has 1 fully saturated rings. The number of benzene rings is 2. The van der Waals surface area contributed by atoms with Crippen LogP contribution in [-0.4, -0.2) is 39.8 Å². The number of nitrogens with zero attached hydrogens (tertiary/aromatic N) is 3. The molecule has 3 aromatic rings. The van der Waals surface area contributed by atoms with Gasteiger partial charge >= 0.3 is 0 Å². The van der Waals surface area contributed by atoms with E-state index in [0.29, 0.717) is 18.7 Å². The van der Waals surface area contributed by atoms with Gasteiger partial charge in [-0.3, -0.25) is 9.48 Å². The van der Waals surface area contributed by atoms with E-state index in [1.165, 1.54) is 0 Å². The number of halogens is 1. The molecule has 2 aliphatic rings. The monoisotopic (exact) mass is 450 g/mol. The lowest BCUT2D eigenvalue weighted by Crippen LogP contribution is -2.46. The van der Waals surface area contributed by atoms with Crippen LogP contribution in [0.3, 0.4) is 0 Å². The lowest BCUT2D eigenvalue weighted by Gasteiger charge is -2.39. The molecule has 0 radical (unpaired) electrons. The van der Waals surface area contributed by atoms with E-state index in [1.807, 2.05) is 65.0 Å². The molecule has 0 aliphatic carbocycles. The fraction of sp³-hybridized carbons (Fsp3) is 0.360. The summed E-state index contributed by atoms with van der Waals surface area (Å²) in [6.45, 7) is 5.95. The van der Waals surface area contributed by atoms with Gasteiger partial charge < -0.3 is 15.0 Å². The number of aromatic nitrogens is 2. The summed E-state index contributed by atoms with van der Waals surface area (Å²) in [6.07, 6.45) is 1.77. The molecule has 1 saturated heterocycles. The van der Waals surface area contributed by atoms with E-state index in [2.05, 4.69) is 12.2 Å². The van der Waals surface area contributed by atoms with Gasteiger partial charge in [0.15, 0.2) is 0 Å². The van der Waals surface area contributed by atoms with E-state index in [4.69, 9.17) is 21.4 Å². The number of para-hydroxylation sites is 1. The Kier molecular flexibility index (Phi) is 5.66. The first-order chi connectivity index (χ1) is 15.5. The molecule has 3 heterocycles. The highest BCUT2D eigenvalue weighted by molar-refractivity contribution is 6.31. The van der Waals surface area contributed by atoms with E-state index in [0.717, 1.165) is 52.7 Å². The number of fused-ring (bicyclic) bond motifs is 1. The van der Waals surface area contributed by atoms with Crippen molar-refractivity contribution in [3.05, 3.63) is 81.6 Å². The Morgan fingerprint density at radius 2 is 1.94 bits per heavy atom. The first-order valence-electron chi connectivity index (χ1n) is 11.1. The van der Waals surface area contributed by atoms with Crippen molar-refractivity contribution in [3.63, 3.8) is 0 Å². The van der Waals surface area contributed by atoms with Gasteiger partial charge in [0.1, 0.15) is 6.17 Å². The van der Waals surface area contributed by atoms with E-state index in [-0.39, 0.29) is 18.2 Å². The van der Waals surface area contributed by atoms with Gasteiger partial charge in [-0.05, 0) is 50.5 Å². The van der Waals surface area contributed by atoms with E-state index < -0.39 is 0 Å². The average Bonchev–Trinajstić information content (AvgIpc) is 3.40. The molecule has 0 unspecified atom stereocenters. The third kappa shape index (κ3) is 3.78. The molecule has 0 spiro atoms. The van der Waals surface area contributed by atoms with Crippen LogP contribution in [0, 0.1) is 13.8 Å². The van der Waals surface area contributed by atoms with Crippen LogP contribution < -0.4 is 5.32 Å². The van der Waals surface area contributed by atoms with Crippen molar-refractivity contribution in [2.75, 3.05) is 18.5 Å². The van der Waals surface area contributed by atoms with Crippen molar-refractivity contribution >= 4 is 23.2 Å². The number of rotatable bonds is 5. The largest absolute Gasteiger partial charge is 0.376 e. The van der Waals surface area contributed by atoms with Crippen molar-refractivity contribution in [1.82, 2.24) is 14.7 Å². The molecular weight excluding hydrogens is 424 g/mol. The Labute approximate surface area is 193 Å². The maximum absolute atomic E-state index is 13.5. The van der Waals surface area contributed by atoms with Crippen molar-refractivity contribution in [1.29, 1.82) is 0 Å². The third-order valence-electron chi connectivity index (χ3n) is 6.44. The Morgan fingerprint density at radius 3 is 2.72 bits per heavy atom. The maximum atomic E-state index is 13.5. The summed E-state index contributed by atoms with van der Waals surface area (Å²) in [6, 6.07) is 15.5. The summed E-state index contributed by atoms with van der Waals surface area (Å²) in [7, 11) is 0. The number of amides is 1. The van der Waals surface area contributed by atoms with Crippen LogP contribution in [0.1, 0.15) is 51.9 Å². The minimum absolute atomic E-state index is 0.0255. The van der Waals surface area contributed by atoms with Crippen LogP contribution in [0.15, 0.2) is 48.5 Å². The molecule has 1 N–H and O–H groups in total. The summed E-state index contributed by atoms with van der Waals surface area (Å²) in [5.41, 5.74) is 5.50. The van der Waals surface area contributed by atoms with Crippen LogP contribution in [0.4, 0.5) is 5.69 Å². The Morgan fingerprint density at radius 1 is 1.16 bits per heavy atom. The number of ether oxygens (including phenoxy) is 1. The summed E-state index contributed by atoms with van der Waals surface area (Å²) >= 11 is 6.40. The number of carbonyl (C=O) groups excluding carboxylic acids is 1. The summed E-state index contributed by atoms with van der Waals surface area (Å²) < 4.78 is 7.85. The molecule has 166 valence electrons. The number of aryl methyl sites for hydroxylation is 1. The van der Waals surface area contributed by atoms with Crippen LogP contribution in [-0.2, 0) is 11.3 Å². The predicted octanol–water partition coefficient (Wildman–Crippen LogP) is 4.95. The van der Waals surface area contributed by atoms with Gasteiger partial charge in [-0.15, -0.1) is 0 Å². The SMILES string of the molecule is Cc1nn(Cc2ccccc2Cl)c(C)c1[C@H]1Nc2ccccc2C(=O)N1C[C@@H]1CCCO1. The maximum Gasteiger partial charge on any atom is 0.257 e. The molecule has 5 rings (SSSR count). The van der Waals surface area contributed by atoms with Crippen molar-refractivity contribution < 1.29 is 9.53 Å². The number of hydrogen-bond donors (Lipinski definition) is 1. The Bertz CT molecular complexity index is 1150. The molecule has 1 aromatic heterocycles. The molecule has 1 amide bonds. The van der Waals surface area contributed by atoms with Gasteiger partial charge in [0.2, 0.25) is 0 Å². The van der Waals surface area contributed by atoms with Crippen LogP contribution in [0.5, 0.6) is 0 Å². The number of anilines is 1. The highest BCUT2D eigenvalue weighted by atomic mass is 35.5. The zero-order valence-corrected chi connectivity index (χ0v) is 19.1. The topological polar surface area (TPSA) is 59.4 Å². The molecule has 0 saturated carbocycles. The average molecular weight is 451 g/mol. The molecular formula is C25H27ClN4O2. The molecule has 7 heteroatoms. The predicted molar refractivity (Wildman–Crippen MR) is 125 cm³/mol. The number of nitrogens with one attached hydrogen (secondary N) is 1. The molecule has 2 aliphatic heterocycles. The van der Waals surface area contributed by atoms with Crippen molar-refractivity contribution in [3.8, 4) is 0 Å². The minimum atomic E-state index is -0.304.